The Balaban J connectivity index is 2.32. The third-order valence-corrected chi connectivity index (χ3v) is 4.51. The zero-order chi connectivity index (χ0) is 23.2. The fourth-order valence-corrected chi connectivity index (χ4v) is 3.03. The van der Waals surface area contributed by atoms with Crippen molar-refractivity contribution in [2.45, 2.75) is 32.8 Å². The number of carbonyl (C=O) groups excluding carboxylic acids is 3. The lowest BCUT2D eigenvalue weighted by Gasteiger charge is -2.20. The summed E-state index contributed by atoms with van der Waals surface area (Å²) in [4.78, 5) is 36.0. The van der Waals surface area contributed by atoms with Crippen LogP contribution in [0.3, 0.4) is 0 Å². The number of thioether (sulfide) groups is 1. The summed E-state index contributed by atoms with van der Waals surface area (Å²) in [5, 5.41) is -0.741. The van der Waals surface area contributed by atoms with Crippen LogP contribution < -0.4 is 4.74 Å². The minimum absolute atomic E-state index is 0.0119. The summed E-state index contributed by atoms with van der Waals surface area (Å²) >= 11 is 0.737. The van der Waals surface area contributed by atoms with E-state index >= 15 is 0 Å². The van der Waals surface area contributed by atoms with Gasteiger partial charge in [-0.15, -0.1) is 0 Å². The van der Waals surface area contributed by atoms with Crippen LogP contribution >= 0.6 is 11.8 Å². The molecule has 0 radical (unpaired) electrons. The molecule has 0 amide bonds. The molecule has 0 atom stereocenters. The molecule has 0 bridgehead atoms. The molecule has 0 heterocycles. The third kappa shape index (κ3) is 7.36. The van der Waals surface area contributed by atoms with E-state index in [1.807, 2.05) is 0 Å². The summed E-state index contributed by atoms with van der Waals surface area (Å²) < 4.78 is 42.6. The predicted molar refractivity (Wildman–Crippen MR) is 112 cm³/mol. The molecule has 2 aromatic carbocycles. The van der Waals surface area contributed by atoms with Gasteiger partial charge in [0.2, 0.25) is 0 Å². The first kappa shape index (κ1) is 24.3. The number of halogens is 2. The van der Waals surface area contributed by atoms with Crippen molar-refractivity contribution in [1.29, 1.82) is 0 Å². The van der Waals surface area contributed by atoms with Crippen molar-refractivity contribution < 1.29 is 37.4 Å². The number of methoxy groups -OCH3 is 1. The van der Waals surface area contributed by atoms with Crippen LogP contribution in [0.15, 0.2) is 36.4 Å². The normalized spacial score (nSPS) is 11.0. The number of hydrogen-bond acceptors (Lipinski definition) is 7. The van der Waals surface area contributed by atoms with E-state index in [-0.39, 0.29) is 34.6 Å². The molecule has 0 aliphatic carbocycles. The lowest BCUT2D eigenvalue weighted by molar-refractivity contribution is -0.140. The van der Waals surface area contributed by atoms with Crippen LogP contribution in [0.2, 0.25) is 0 Å². The minimum Gasteiger partial charge on any atom is -0.469 e. The van der Waals surface area contributed by atoms with E-state index in [1.54, 1.807) is 20.8 Å². The zero-order valence-corrected chi connectivity index (χ0v) is 18.3. The number of rotatable bonds is 6. The van der Waals surface area contributed by atoms with Gasteiger partial charge in [-0.2, -0.15) is 0 Å². The van der Waals surface area contributed by atoms with Gasteiger partial charge >= 0.3 is 17.2 Å². The Hall–Kier alpha value is -2.94. The Morgan fingerprint density at radius 2 is 1.74 bits per heavy atom. The summed E-state index contributed by atoms with van der Waals surface area (Å²) in [5.74, 6) is -2.75. The highest BCUT2D eigenvalue weighted by Crippen LogP contribution is 2.31. The molecular weight excluding hydrogens is 430 g/mol. The van der Waals surface area contributed by atoms with E-state index in [0.29, 0.717) is 0 Å². The number of ether oxygens (including phenoxy) is 3. The van der Waals surface area contributed by atoms with Gasteiger partial charge in [-0.3, -0.25) is 4.79 Å². The number of benzene rings is 2. The molecule has 6 nitrogen and oxygen atoms in total. The maximum atomic E-state index is 14.2. The highest BCUT2D eigenvalue weighted by Gasteiger charge is 2.24. The van der Waals surface area contributed by atoms with Crippen LogP contribution in [0.5, 0.6) is 5.75 Å². The quantitative estimate of drug-likeness (QED) is 0.544. The van der Waals surface area contributed by atoms with E-state index in [0.717, 1.165) is 23.9 Å². The molecule has 31 heavy (non-hydrogen) atoms. The van der Waals surface area contributed by atoms with Crippen molar-refractivity contribution in [2.75, 3.05) is 12.9 Å². The van der Waals surface area contributed by atoms with Crippen LogP contribution in [-0.2, 0) is 14.3 Å². The van der Waals surface area contributed by atoms with Gasteiger partial charge in [0.15, 0.2) is 0 Å². The van der Waals surface area contributed by atoms with Gasteiger partial charge in [0.05, 0.1) is 13.5 Å². The van der Waals surface area contributed by atoms with Crippen LogP contribution in [0.1, 0.15) is 37.6 Å². The van der Waals surface area contributed by atoms with Crippen molar-refractivity contribution in [3.8, 4) is 16.9 Å². The van der Waals surface area contributed by atoms with Crippen molar-refractivity contribution in [1.82, 2.24) is 0 Å². The van der Waals surface area contributed by atoms with Gasteiger partial charge in [-0.25, -0.2) is 18.4 Å². The van der Waals surface area contributed by atoms with Gasteiger partial charge in [0, 0.05) is 17.4 Å². The second kappa shape index (κ2) is 10.4. The predicted octanol–water partition coefficient (Wildman–Crippen LogP) is 5.38. The molecule has 166 valence electrons. The van der Waals surface area contributed by atoms with Crippen molar-refractivity contribution in [3.05, 3.63) is 53.6 Å². The molecule has 2 rings (SSSR count). The van der Waals surface area contributed by atoms with Gasteiger partial charge in [0.1, 0.15) is 28.5 Å². The van der Waals surface area contributed by atoms with Crippen LogP contribution in [0, 0.1) is 11.6 Å². The number of hydrogen-bond donors (Lipinski definition) is 0. The van der Waals surface area contributed by atoms with Gasteiger partial charge in [-0.1, -0.05) is 6.07 Å². The van der Waals surface area contributed by atoms with Gasteiger partial charge < -0.3 is 14.2 Å². The van der Waals surface area contributed by atoms with E-state index in [1.165, 1.54) is 31.4 Å². The summed E-state index contributed by atoms with van der Waals surface area (Å²) in [6, 6.07) is 7.15. The Bertz CT molecular complexity index is 984. The molecule has 0 N–H and O–H groups in total. The first-order valence-electron chi connectivity index (χ1n) is 9.24. The molecule has 0 spiro atoms. The lowest BCUT2D eigenvalue weighted by Crippen LogP contribution is -2.24. The summed E-state index contributed by atoms with van der Waals surface area (Å²) in [7, 11) is 1.24. The van der Waals surface area contributed by atoms with E-state index in [9.17, 15) is 23.2 Å². The smallest absolute Gasteiger partial charge is 0.372 e. The van der Waals surface area contributed by atoms with Crippen molar-refractivity contribution in [3.63, 3.8) is 0 Å². The molecule has 9 heteroatoms. The highest BCUT2D eigenvalue weighted by molar-refractivity contribution is 8.13. The first-order valence-corrected chi connectivity index (χ1v) is 10.2. The molecule has 0 unspecified atom stereocenters. The molecular formula is C22H22F2O6S. The SMILES string of the molecule is COC(=O)CCSC(=O)Oc1ccc(-c2ccc(F)cc2F)cc1C(=O)OC(C)(C)C. The Kier molecular flexibility index (Phi) is 8.15. The Morgan fingerprint density at radius 3 is 2.35 bits per heavy atom. The molecule has 0 saturated carbocycles. The molecule has 0 fully saturated rings. The first-order chi connectivity index (χ1) is 14.5. The standard InChI is InChI=1S/C22H22F2O6S/c1-22(2,3)30-20(26)16-11-13(15-7-6-14(23)12-17(15)24)5-8-18(16)29-21(27)31-10-9-19(25)28-4/h5-8,11-12H,9-10H2,1-4H3. The largest absolute Gasteiger partial charge is 0.469 e. The van der Waals surface area contributed by atoms with E-state index in [4.69, 9.17) is 9.47 Å². The Labute approximate surface area is 182 Å². The average molecular weight is 452 g/mol. The molecule has 0 aliphatic rings. The molecule has 0 aliphatic heterocycles. The maximum absolute atomic E-state index is 14.2. The second-order valence-corrected chi connectivity index (χ2v) is 8.39. The van der Waals surface area contributed by atoms with Crippen LogP contribution in [-0.4, -0.2) is 35.7 Å². The number of carbonyl (C=O) groups is 3. The maximum Gasteiger partial charge on any atom is 0.372 e. The zero-order valence-electron chi connectivity index (χ0n) is 17.5. The summed E-state index contributed by atoms with van der Waals surface area (Å²) in [6.45, 7) is 5.01. The van der Waals surface area contributed by atoms with E-state index < -0.39 is 34.5 Å². The van der Waals surface area contributed by atoms with Gasteiger partial charge in [-0.05, 0) is 62.4 Å². The molecule has 0 saturated heterocycles. The minimum atomic E-state index is -0.829. The van der Waals surface area contributed by atoms with Crippen molar-refractivity contribution in [2.24, 2.45) is 0 Å². The third-order valence-electron chi connectivity index (χ3n) is 3.79. The summed E-state index contributed by atoms with van der Waals surface area (Å²) in [5.41, 5.74) is -0.587. The van der Waals surface area contributed by atoms with Crippen LogP contribution in [0.4, 0.5) is 13.6 Å². The van der Waals surface area contributed by atoms with Crippen molar-refractivity contribution >= 4 is 29.0 Å². The van der Waals surface area contributed by atoms with E-state index in [2.05, 4.69) is 4.74 Å². The average Bonchev–Trinajstić information content (AvgIpc) is 2.67. The second-order valence-electron chi connectivity index (χ2n) is 7.36. The fourth-order valence-electron chi connectivity index (χ4n) is 2.44. The Morgan fingerprint density at radius 1 is 1.03 bits per heavy atom. The summed E-state index contributed by atoms with van der Waals surface area (Å²) in [6.07, 6.45) is 0.0119. The fraction of sp³-hybridized carbons (Fsp3) is 0.318. The lowest BCUT2D eigenvalue weighted by atomic mass is 10.0. The highest BCUT2D eigenvalue weighted by atomic mass is 32.2. The molecule has 2 aromatic rings. The number of esters is 2. The monoisotopic (exact) mass is 452 g/mol. The molecule has 0 aromatic heterocycles. The van der Waals surface area contributed by atoms with Crippen LogP contribution in [0.25, 0.3) is 11.1 Å². The topological polar surface area (TPSA) is 78.9 Å². The van der Waals surface area contributed by atoms with Gasteiger partial charge in [0.25, 0.3) is 0 Å².